The number of rotatable bonds is 2. The number of nitrogens with one attached hydrogen (secondary N) is 2. The highest BCUT2D eigenvalue weighted by Crippen LogP contribution is 2.31. The lowest BCUT2D eigenvalue weighted by molar-refractivity contribution is -0.137. The molecule has 1 aliphatic carbocycles. The number of aryl methyl sites for hydroxylation is 2. The van der Waals surface area contributed by atoms with Crippen LogP contribution in [-0.4, -0.2) is 44.3 Å². The Bertz CT molecular complexity index is 695. The standard InChI is InChI=1S/C17H23N5O/c1-11-15(10-19-20-11)12-4-6-22(7-5-12)17(23)13-2-3-14-9-18-21-16(14)8-13/h9-10,12-13H,2-8H2,1H3,(H,18,21)(H,19,20). The summed E-state index contributed by atoms with van der Waals surface area (Å²) in [5.74, 6) is 0.978. The van der Waals surface area contributed by atoms with E-state index in [9.17, 15) is 4.79 Å². The van der Waals surface area contributed by atoms with Crippen LogP contribution in [0.15, 0.2) is 12.4 Å². The molecular weight excluding hydrogens is 290 g/mol. The van der Waals surface area contributed by atoms with Gasteiger partial charge >= 0.3 is 0 Å². The highest BCUT2D eigenvalue weighted by molar-refractivity contribution is 5.79. The Morgan fingerprint density at radius 1 is 1.17 bits per heavy atom. The molecule has 0 aromatic carbocycles. The Morgan fingerprint density at radius 2 is 1.96 bits per heavy atom. The van der Waals surface area contributed by atoms with Crippen molar-refractivity contribution in [1.82, 2.24) is 25.3 Å². The number of aromatic amines is 2. The fourth-order valence-electron chi connectivity index (χ4n) is 4.06. The number of amides is 1. The summed E-state index contributed by atoms with van der Waals surface area (Å²) in [5.41, 5.74) is 4.91. The van der Waals surface area contributed by atoms with Crippen molar-refractivity contribution < 1.29 is 4.79 Å². The minimum absolute atomic E-state index is 0.121. The molecule has 122 valence electrons. The maximum Gasteiger partial charge on any atom is 0.226 e. The second-order valence-corrected chi connectivity index (χ2v) is 6.86. The van der Waals surface area contributed by atoms with Gasteiger partial charge in [0, 0.05) is 36.8 Å². The number of piperidine rings is 1. The molecule has 0 radical (unpaired) electrons. The van der Waals surface area contributed by atoms with E-state index < -0.39 is 0 Å². The average Bonchev–Trinajstić information content (AvgIpc) is 3.22. The van der Waals surface area contributed by atoms with E-state index in [2.05, 4.69) is 32.2 Å². The summed E-state index contributed by atoms with van der Waals surface area (Å²) in [5, 5.41) is 14.3. The van der Waals surface area contributed by atoms with Crippen molar-refractivity contribution in [3.05, 3.63) is 34.9 Å². The van der Waals surface area contributed by atoms with Crippen LogP contribution in [0.3, 0.4) is 0 Å². The molecule has 1 fully saturated rings. The molecule has 1 amide bonds. The third kappa shape index (κ3) is 2.66. The van der Waals surface area contributed by atoms with Gasteiger partial charge in [0.2, 0.25) is 5.91 Å². The van der Waals surface area contributed by atoms with Crippen LogP contribution in [0.2, 0.25) is 0 Å². The molecule has 0 bridgehead atoms. The molecule has 6 heteroatoms. The lowest BCUT2D eigenvalue weighted by atomic mass is 9.85. The zero-order valence-electron chi connectivity index (χ0n) is 13.5. The predicted octanol–water partition coefficient (Wildman–Crippen LogP) is 1.95. The molecule has 1 aliphatic heterocycles. The average molecular weight is 313 g/mol. The van der Waals surface area contributed by atoms with Gasteiger partial charge in [-0.2, -0.15) is 10.2 Å². The molecule has 2 aliphatic rings. The van der Waals surface area contributed by atoms with E-state index in [-0.39, 0.29) is 5.92 Å². The Kier molecular flexibility index (Phi) is 3.67. The van der Waals surface area contributed by atoms with Gasteiger partial charge in [-0.25, -0.2) is 0 Å². The Hall–Kier alpha value is -2.11. The predicted molar refractivity (Wildman–Crippen MR) is 86.0 cm³/mol. The number of likely N-dealkylation sites (tertiary alicyclic amines) is 1. The van der Waals surface area contributed by atoms with E-state index in [4.69, 9.17) is 0 Å². The minimum Gasteiger partial charge on any atom is -0.342 e. The normalized spacial score (nSPS) is 22.1. The van der Waals surface area contributed by atoms with Crippen LogP contribution in [-0.2, 0) is 17.6 Å². The molecule has 6 nitrogen and oxygen atoms in total. The monoisotopic (exact) mass is 313 g/mol. The third-order valence-electron chi connectivity index (χ3n) is 5.48. The Balaban J connectivity index is 1.37. The molecular formula is C17H23N5O. The van der Waals surface area contributed by atoms with Crippen LogP contribution in [0, 0.1) is 12.8 Å². The number of H-pyrrole nitrogens is 2. The van der Waals surface area contributed by atoms with Gasteiger partial charge in [0.15, 0.2) is 0 Å². The first kappa shape index (κ1) is 14.5. The molecule has 1 atom stereocenters. The molecule has 23 heavy (non-hydrogen) atoms. The molecule has 3 heterocycles. The van der Waals surface area contributed by atoms with Gasteiger partial charge in [-0.3, -0.25) is 15.0 Å². The number of aromatic nitrogens is 4. The molecule has 1 unspecified atom stereocenters. The summed E-state index contributed by atoms with van der Waals surface area (Å²) >= 11 is 0. The zero-order chi connectivity index (χ0) is 15.8. The maximum atomic E-state index is 12.8. The number of carbonyl (C=O) groups is 1. The first-order chi connectivity index (χ1) is 11.2. The highest BCUT2D eigenvalue weighted by Gasteiger charge is 2.32. The van der Waals surface area contributed by atoms with E-state index in [1.54, 1.807) is 0 Å². The summed E-state index contributed by atoms with van der Waals surface area (Å²) in [6.45, 7) is 3.80. The molecule has 0 saturated carbocycles. The largest absolute Gasteiger partial charge is 0.342 e. The number of carbonyl (C=O) groups excluding carboxylic acids is 1. The maximum absolute atomic E-state index is 12.8. The number of fused-ring (bicyclic) bond motifs is 1. The Labute approximate surface area is 135 Å². The van der Waals surface area contributed by atoms with Crippen molar-refractivity contribution in [2.24, 2.45) is 5.92 Å². The van der Waals surface area contributed by atoms with E-state index in [0.29, 0.717) is 11.8 Å². The van der Waals surface area contributed by atoms with Crippen LogP contribution >= 0.6 is 0 Å². The van der Waals surface area contributed by atoms with Gasteiger partial charge < -0.3 is 4.90 Å². The van der Waals surface area contributed by atoms with Crippen LogP contribution < -0.4 is 0 Å². The topological polar surface area (TPSA) is 77.7 Å². The van der Waals surface area contributed by atoms with Crippen LogP contribution in [0.4, 0.5) is 0 Å². The van der Waals surface area contributed by atoms with Gasteiger partial charge in [-0.05, 0) is 49.7 Å². The number of hydrogen-bond donors (Lipinski definition) is 2. The number of nitrogens with zero attached hydrogens (tertiary/aromatic N) is 3. The van der Waals surface area contributed by atoms with Crippen LogP contribution in [0.1, 0.15) is 47.7 Å². The van der Waals surface area contributed by atoms with Crippen molar-refractivity contribution in [3.8, 4) is 0 Å². The molecule has 2 aromatic heterocycles. The smallest absolute Gasteiger partial charge is 0.226 e. The number of hydrogen-bond acceptors (Lipinski definition) is 3. The summed E-state index contributed by atoms with van der Waals surface area (Å²) < 4.78 is 0. The van der Waals surface area contributed by atoms with Crippen molar-refractivity contribution in [1.29, 1.82) is 0 Å². The van der Waals surface area contributed by atoms with E-state index >= 15 is 0 Å². The summed E-state index contributed by atoms with van der Waals surface area (Å²) in [6.07, 6.45) is 8.64. The SMILES string of the molecule is Cc1[nH]ncc1C1CCN(C(=O)C2CCc3cn[nH]c3C2)CC1. The fourth-order valence-corrected chi connectivity index (χ4v) is 4.06. The molecule has 2 aromatic rings. The van der Waals surface area contributed by atoms with Crippen LogP contribution in [0.25, 0.3) is 0 Å². The highest BCUT2D eigenvalue weighted by atomic mass is 16.2. The summed E-state index contributed by atoms with van der Waals surface area (Å²) in [4.78, 5) is 14.9. The molecule has 4 rings (SSSR count). The molecule has 2 N–H and O–H groups in total. The van der Waals surface area contributed by atoms with Gasteiger partial charge in [0.1, 0.15) is 0 Å². The molecule has 0 spiro atoms. The van der Waals surface area contributed by atoms with Crippen LogP contribution in [0.5, 0.6) is 0 Å². The van der Waals surface area contributed by atoms with Gasteiger partial charge in [0.05, 0.1) is 12.4 Å². The van der Waals surface area contributed by atoms with Gasteiger partial charge in [-0.15, -0.1) is 0 Å². The first-order valence-electron chi connectivity index (χ1n) is 8.52. The lowest BCUT2D eigenvalue weighted by Gasteiger charge is -2.35. The first-order valence-corrected chi connectivity index (χ1v) is 8.52. The summed E-state index contributed by atoms with van der Waals surface area (Å²) in [6, 6.07) is 0. The van der Waals surface area contributed by atoms with Crippen molar-refractivity contribution in [2.45, 2.75) is 44.9 Å². The summed E-state index contributed by atoms with van der Waals surface area (Å²) in [7, 11) is 0. The fraction of sp³-hybridized carbons (Fsp3) is 0.588. The van der Waals surface area contributed by atoms with Crippen molar-refractivity contribution in [2.75, 3.05) is 13.1 Å². The Morgan fingerprint density at radius 3 is 2.70 bits per heavy atom. The van der Waals surface area contributed by atoms with Crippen molar-refractivity contribution >= 4 is 5.91 Å². The van der Waals surface area contributed by atoms with E-state index in [1.807, 2.05) is 12.4 Å². The second-order valence-electron chi connectivity index (χ2n) is 6.86. The lowest BCUT2D eigenvalue weighted by Crippen LogP contribution is -2.42. The van der Waals surface area contributed by atoms with Gasteiger partial charge in [-0.1, -0.05) is 0 Å². The van der Waals surface area contributed by atoms with E-state index in [1.165, 1.54) is 11.1 Å². The van der Waals surface area contributed by atoms with E-state index in [0.717, 1.165) is 56.6 Å². The van der Waals surface area contributed by atoms with Gasteiger partial charge in [0.25, 0.3) is 0 Å². The minimum atomic E-state index is 0.121. The zero-order valence-corrected chi connectivity index (χ0v) is 13.5. The quantitative estimate of drug-likeness (QED) is 0.889. The van der Waals surface area contributed by atoms with Crippen molar-refractivity contribution in [3.63, 3.8) is 0 Å². The molecule has 1 saturated heterocycles. The second kappa shape index (κ2) is 5.83. The third-order valence-corrected chi connectivity index (χ3v) is 5.48.